The molecular formula is C22H34N2O3. The summed E-state index contributed by atoms with van der Waals surface area (Å²) in [4.78, 5) is 12.8. The van der Waals surface area contributed by atoms with Gasteiger partial charge in [-0.1, -0.05) is 26.7 Å². The second-order valence-electron chi connectivity index (χ2n) is 7.85. The van der Waals surface area contributed by atoms with Gasteiger partial charge in [-0.15, -0.1) is 0 Å². The third-order valence-electron chi connectivity index (χ3n) is 5.53. The molecule has 2 bridgehead atoms. The molecule has 1 amide bonds. The minimum atomic E-state index is -0.0123. The molecule has 2 heterocycles. The highest BCUT2D eigenvalue weighted by Crippen LogP contribution is 2.30. The SMILES string of the molecule is CCCCOc1ccc(C(=O)NC2CC3CCC(C2)N3)cc1OCCCC. The van der Waals surface area contributed by atoms with Gasteiger partial charge in [-0.3, -0.25) is 4.79 Å². The predicted molar refractivity (Wildman–Crippen MR) is 108 cm³/mol. The van der Waals surface area contributed by atoms with Crippen molar-refractivity contribution in [3.63, 3.8) is 0 Å². The molecule has 5 nitrogen and oxygen atoms in total. The van der Waals surface area contributed by atoms with Crippen molar-refractivity contribution in [1.29, 1.82) is 0 Å². The number of carbonyl (C=O) groups is 1. The second kappa shape index (κ2) is 9.98. The van der Waals surface area contributed by atoms with Crippen LogP contribution >= 0.6 is 0 Å². The van der Waals surface area contributed by atoms with Crippen molar-refractivity contribution >= 4 is 5.91 Å². The zero-order valence-electron chi connectivity index (χ0n) is 16.8. The van der Waals surface area contributed by atoms with Crippen LogP contribution in [-0.4, -0.2) is 37.2 Å². The Morgan fingerprint density at radius 1 is 1.04 bits per heavy atom. The maximum atomic E-state index is 12.8. The molecule has 150 valence electrons. The van der Waals surface area contributed by atoms with Crippen LogP contribution < -0.4 is 20.1 Å². The zero-order valence-corrected chi connectivity index (χ0v) is 16.8. The van der Waals surface area contributed by atoms with Crippen LogP contribution in [-0.2, 0) is 0 Å². The highest BCUT2D eigenvalue weighted by molar-refractivity contribution is 5.95. The Bertz CT molecular complexity index is 608. The van der Waals surface area contributed by atoms with Crippen LogP contribution in [0.3, 0.4) is 0 Å². The van der Waals surface area contributed by atoms with Gasteiger partial charge in [-0.25, -0.2) is 0 Å². The molecule has 2 atom stereocenters. The number of rotatable bonds is 10. The monoisotopic (exact) mass is 374 g/mol. The zero-order chi connectivity index (χ0) is 19.1. The van der Waals surface area contributed by atoms with Crippen molar-refractivity contribution < 1.29 is 14.3 Å². The number of unbranched alkanes of at least 4 members (excludes halogenated alkanes) is 2. The van der Waals surface area contributed by atoms with Gasteiger partial charge in [-0.05, 0) is 56.7 Å². The quantitative estimate of drug-likeness (QED) is 0.607. The fraction of sp³-hybridized carbons (Fsp3) is 0.682. The van der Waals surface area contributed by atoms with E-state index in [1.54, 1.807) is 0 Å². The van der Waals surface area contributed by atoms with E-state index >= 15 is 0 Å². The standard InChI is InChI=1S/C22H34N2O3/c1-3-5-11-26-20-10-7-16(13-21(20)27-12-6-4-2)22(25)24-19-14-17-8-9-18(15-19)23-17/h7,10,13,17-19,23H,3-6,8-9,11-12,14-15H2,1-2H3,(H,24,25). The van der Waals surface area contributed by atoms with E-state index in [0.29, 0.717) is 36.6 Å². The molecule has 2 fully saturated rings. The molecule has 0 aliphatic carbocycles. The first kappa shape index (κ1) is 20.0. The molecule has 1 aromatic rings. The van der Waals surface area contributed by atoms with Crippen LogP contribution in [0.5, 0.6) is 11.5 Å². The molecule has 3 rings (SSSR count). The van der Waals surface area contributed by atoms with Gasteiger partial charge in [0.2, 0.25) is 0 Å². The van der Waals surface area contributed by atoms with E-state index in [4.69, 9.17) is 9.47 Å². The molecular weight excluding hydrogens is 340 g/mol. The third-order valence-corrected chi connectivity index (χ3v) is 5.53. The maximum absolute atomic E-state index is 12.8. The molecule has 0 aromatic heterocycles. The molecule has 5 heteroatoms. The number of fused-ring (bicyclic) bond motifs is 2. The summed E-state index contributed by atoms with van der Waals surface area (Å²) in [6.07, 6.45) is 8.68. The third kappa shape index (κ3) is 5.61. The van der Waals surface area contributed by atoms with Crippen LogP contribution in [0, 0.1) is 0 Å². The summed E-state index contributed by atoms with van der Waals surface area (Å²) in [6, 6.07) is 6.95. The number of piperidine rings is 1. The van der Waals surface area contributed by atoms with Gasteiger partial charge in [0, 0.05) is 23.7 Å². The van der Waals surface area contributed by atoms with Gasteiger partial charge in [0.1, 0.15) is 0 Å². The summed E-state index contributed by atoms with van der Waals surface area (Å²) < 4.78 is 11.8. The fourth-order valence-corrected chi connectivity index (χ4v) is 3.98. The van der Waals surface area contributed by atoms with Crippen LogP contribution in [0.15, 0.2) is 18.2 Å². The largest absolute Gasteiger partial charge is 0.490 e. The van der Waals surface area contributed by atoms with E-state index in [0.717, 1.165) is 44.3 Å². The molecule has 2 N–H and O–H groups in total. The number of nitrogens with one attached hydrogen (secondary N) is 2. The predicted octanol–water partition coefficient (Wildman–Crippen LogP) is 4.06. The van der Waals surface area contributed by atoms with Crippen molar-refractivity contribution in [3.05, 3.63) is 23.8 Å². The maximum Gasteiger partial charge on any atom is 0.251 e. The van der Waals surface area contributed by atoms with E-state index < -0.39 is 0 Å². The lowest BCUT2D eigenvalue weighted by atomic mass is 9.99. The average Bonchev–Trinajstić information content (AvgIpc) is 3.01. The van der Waals surface area contributed by atoms with Crippen molar-refractivity contribution in [1.82, 2.24) is 10.6 Å². The Morgan fingerprint density at radius 2 is 1.67 bits per heavy atom. The summed E-state index contributed by atoms with van der Waals surface area (Å²) in [7, 11) is 0. The molecule has 2 unspecified atom stereocenters. The number of benzene rings is 1. The van der Waals surface area contributed by atoms with Crippen LogP contribution in [0.1, 0.15) is 75.6 Å². The first-order chi connectivity index (χ1) is 13.2. The molecule has 1 aromatic carbocycles. The van der Waals surface area contributed by atoms with E-state index in [2.05, 4.69) is 24.5 Å². The normalized spacial score (nSPS) is 23.9. The van der Waals surface area contributed by atoms with Crippen LogP contribution in [0.25, 0.3) is 0 Å². The summed E-state index contributed by atoms with van der Waals surface area (Å²) in [6.45, 7) is 5.59. The highest BCUT2D eigenvalue weighted by Gasteiger charge is 2.34. The number of amides is 1. The Morgan fingerprint density at radius 3 is 2.30 bits per heavy atom. The Hall–Kier alpha value is -1.75. The molecule has 27 heavy (non-hydrogen) atoms. The summed E-state index contributed by atoms with van der Waals surface area (Å²) >= 11 is 0. The van der Waals surface area contributed by atoms with Gasteiger partial charge in [-0.2, -0.15) is 0 Å². The molecule has 2 aliphatic heterocycles. The average molecular weight is 375 g/mol. The van der Waals surface area contributed by atoms with E-state index in [9.17, 15) is 4.79 Å². The van der Waals surface area contributed by atoms with Gasteiger partial charge < -0.3 is 20.1 Å². The smallest absolute Gasteiger partial charge is 0.251 e. The Labute approximate surface area is 163 Å². The second-order valence-corrected chi connectivity index (χ2v) is 7.85. The molecule has 0 saturated carbocycles. The van der Waals surface area contributed by atoms with Crippen molar-refractivity contribution in [2.75, 3.05) is 13.2 Å². The minimum Gasteiger partial charge on any atom is -0.490 e. The summed E-state index contributed by atoms with van der Waals surface area (Å²) in [5.41, 5.74) is 0.648. The topological polar surface area (TPSA) is 59.6 Å². The van der Waals surface area contributed by atoms with Gasteiger partial charge in [0.25, 0.3) is 5.91 Å². The molecule has 0 radical (unpaired) electrons. The molecule has 0 spiro atoms. The fourth-order valence-electron chi connectivity index (χ4n) is 3.98. The number of hydrogen-bond acceptors (Lipinski definition) is 4. The lowest BCUT2D eigenvalue weighted by Crippen LogP contribution is -2.48. The van der Waals surface area contributed by atoms with Gasteiger partial charge in [0.05, 0.1) is 13.2 Å². The summed E-state index contributed by atoms with van der Waals surface area (Å²) in [5, 5.41) is 6.84. The van der Waals surface area contributed by atoms with Crippen molar-refractivity contribution in [2.45, 2.75) is 83.3 Å². The first-order valence-electron chi connectivity index (χ1n) is 10.7. The lowest BCUT2D eigenvalue weighted by Gasteiger charge is -2.29. The van der Waals surface area contributed by atoms with Gasteiger partial charge in [0.15, 0.2) is 11.5 Å². The van der Waals surface area contributed by atoms with E-state index in [1.165, 1.54) is 12.8 Å². The number of ether oxygens (including phenoxy) is 2. The minimum absolute atomic E-state index is 0.0123. The first-order valence-corrected chi connectivity index (χ1v) is 10.7. The van der Waals surface area contributed by atoms with E-state index in [1.807, 2.05) is 18.2 Å². The van der Waals surface area contributed by atoms with Crippen LogP contribution in [0.4, 0.5) is 0 Å². The van der Waals surface area contributed by atoms with Crippen molar-refractivity contribution in [2.24, 2.45) is 0 Å². The highest BCUT2D eigenvalue weighted by atomic mass is 16.5. The van der Waals surface area contributed by atoms with E-state index in [-0.39, 0.29) is 11.9 Å². The summed E-state index contributed by atoms with van der Waals surface area (Å²) in [5.74, 6) is 1.40. The lowest BCUT2D eigenvalue weighted by molar-refractivity contribution is 0.0923. The van der Waals surface area contributed by atoms with Gasteiger partial charge >= 0.3 is 0 Å². The van der Waals surface area contributed by atoms with Crippen LogP contribution in [0.2, 0.25) is 0 Å². The Balaban J connectivity index is 1.64. The number of carbonyl (C=O) groups excluding carboxylic acids is 1. The molecule has 2 aliphatic rings. The van der Waals surface area contributed by atoms with Crippen molar-refractivity contribution in [3.8, 4) is 11.5 Å². The molecule has 2 saturated heterocycles. The number of hydrogen-bond donors (Lipinski definition) is 2. The Kier molecular flexibility index (Phi) is 7.39.